The number of likely N-dealkylation sites (N-methyl/N-ethyl adjacent to an activating group) is 1. The molecule has 1 fully saturated rings. The van der Waals surface area contributed by atoms with E-state index in [4.69, 9.17) is 4.74 Å². The first-order chi connectivity index (χ1) is 11.5. The van der Waals surface area contributed by atoms with Crippen LogP contribution in [0.2, 0.25) is 0 Å². The molecule has 0 atom stereocenters. The van der Waals surface area contributed by atoms with Crippen LogP contribution in [-0.4, -0.2) is 53.1 Å². The van der Waals surface area contributed by atoms with Gasteiger partial charge in [-0.05, 0) is 33.3 Å². The summed E-state index contributed by atoms with van der Waals surface area (Å²) in [6.45, 7) is 9.23. The van der Waals surface area contributed by atoms with Crippen LogP contribution >= 0.6 is 11.3 Å². The summed E-state index contributed by atoms with van der Waals surface area (Å²) in [5.41, 5.74) is 0.811. The smallest absolute Gasteiger partial charge is 0.348 e. The topological polar surface area (TPSA) is 75.6 Å². The molecule has 1 aliphatic rings. The quantitative estimate of drug-likeness (QED) is 0.788. The van der Waals surface area contributed by atoms with Gasteiger partial charge < -0.3 is 14.5 Å². The van der Waals surface area contributed by atoms with Crippen molar-refractivity contribution < 1.29 is 14.3 Å². The molecular weight excluding hydrogens is 328 g/mol. The summed E-state index contributed by atoms with van der Waals surface area (Å²) in [5.74, 6) is 1.08. The van der Waals surface area contributed by atoms with Gasteiger partial charge in [0.05, 0.1) is 18.7 Å². The van der Waals surface area contributed by atoms with E-state index in [0.717, 1.165) is 15.8 Å². The second kappa shape index (κ2) is 6.35. The largest absolute Gasteiger partial charge is 0.462 e. The van der Waals surface area contributed by atoms with Gasteiger partial charge in [-0.15, -0.1) is 11.3 Å². The molecule has 24 heavy (non-hydrogen) atoms. The van der Waals surface area contributed by atoms with Crippen LogP contribution in [0.1, 0.15) is 34.9 Å². The number of aryl methyl sites for hydroxylation is 2. The first-order valence-corrected chi connectivity index (χ1v) is 8.75. The van der Waals surface area contributed by atoms with Crippen molar-refractivity contribution in [3.8, 4) is 0 Å². The lowest BCUT2D eigenvalue weighted by Gasteiger charge is -2.19. The Bertz CT molecular complexity index is 817. The fourth-order valence-corrected chi connectivity index (χ4v) is 3.97. The molecule has 1 amide bonds. The molecule has 0 spiro atoms. The maximum absolute atomic E-state index is 12.2. The molecule has 128 valence electrons. The highest BCUT2D eigenvalue weighted by molar-refractivity contribution is 7.20. The van der Waals surface area contributed by atoms with Gasteiger partial charge in [-0.2, -0.15) is 0 Å². The Labute approximate surface area is 144 Å². The van der Waals surface area contributed by atoms with E-state index in [1.54, 1.807) is 11.8 Å². The van der Waals surface area contributed by atoms with Crippen LogP contribution in [0.15, 0.2) is 0 Å². The zero-order valence-electron chi connectivity index (χ0n) is 14.3. The minimum absolute atomic E-state index is 0.0837. The Balaban J connectivity index is 2.11. The first kappa shape index (κ1) is 16.6. The number of hydrogen-bond donors (Lipinski definition) is 0. The number of fused-ring (bicyclic) bond motifs is 1. The lowest BCUT2D eigenvalue weighted by Crippen LogP contribution is -2.27. The van der Waals surface area contributed by atoms with Gasteiger partial charge in [0.15, 0.2) is 0 Å². The van der Waals surface area contributed by atoms with Gasteiger partial charge in [0.25, 0.3) is 0 Å². The molecule has 0 aromatic carbocycles. The van der Waals surface area contributed by atoms with Gasteiger partial charge in [0, 0.05) is 6.54 Å². The molecule has 7 nitrogen and oxygen atoms in total. The third-order valence-corrected chi connectivity index (χ3v) is 5.21. The molecule has 1 saturated heterocycles. The number of hydrogen-bond acceptors (Lipinski definition) is 7. The lowest BCUT2D eigenvalue weighted by atomic mass is 10.2. The number of carbonyl (C=O) groups excluding carboxylic acids is 2. The Morgan fingerprint density at radius 3 is 2.67 bits per heavy atom. The summed E-state index contributed by atoms with van der Waals surface area (Å²) < 4.78 is 5.13. The van der Waals surface area contributed by atoms with E-state index in [1.165, 1.54) is 11.3 Å². The van der Waals surface area contributed by atoms with Gasteiger partial charge in [-0.3, -0.25) is 4.79 Å². The predicted molar refractivity (Wildman–Crippen MR) is 92.4 cm³/mol. The van der Waals surface area contributed by atoms with E-state index in [1.807, 2.05) is 25.7 Å². The number of nitrogens with zero attached hydrogens (tertiary/aromatic N) is 4. The maximum atomic E-state index is 12.2. The number of carbonyl (C=O) groups is 2. The van der Waals surface area contributed by atoms with Gasteiger partial charge in [0.1, 0.15) is 27.9 Å². The zero-order chi connectivity index (χ0) is 17.4. The summed E-state index contributed by atoms with van der Waals surface area (Å²) in [5, 5.41) is 0.833. The highest BCUT2D eigenvalue weighted by atomic mass is 32.1. The summed E-state index contributed by atoms with van der Waals surface area (Å²) in [4.78, 5) is 38.3. The number of esters is 1. The first-order valence-electron chi connectivity index (χ1n) is 7.93. The fourth-order valence-electron chi connectivity index (χ4n) is 2.86. The van der Waals surface area contributed by atoms with Crippen LogP contribution in [0, 0.1) is 13.8 Å². The van der Waals surface area contributed by atoms with Crippen molar-refractivity contribution in [2.24, 2.45) is 0 Å². The molecule has 0 unspecified atom stereocenters. The number of thiophene rings is 1. The number of anilines is 1. The van der Waals surface area contributed by atoms with Crippen LogP contribution in [0.5, 0.6) is 0 Å². The molecule has 2 aromatic heterocycles. The molecule has 3 rings (SSSR count). The highest BCUT2D eigenvalue weighted by Gasteiger charge is 2.30. The Morgan fingerprint density at radius 2 is 2.04 bits per heavy atom. The highest BCUT2D eigenvalue weighted by Crippen LogP contribution is 2.36. The van der Waals surface area contributed by atoms with Crippen LogP contribution in [0.4, 0.5) is 5.82 Å². The van der Waals surface area contributed by atoms with E-state index in [-0.39, 0.29) is 11.9 Å². The number of rotatable bonds is 4. The van der Waals surface area contributed by atoms with Gasteiger partial charge in [0.2, 0.25) is 5.91 Å². The Morgan fingerprint density at radius 1 is 1.29 bits per heavy atom. The standard InChI is InChI=1S/C16H20N4O3S/c1-5-19-8-20(7-11(19)21)14-12-9(3)13(16(22)23-6-2)24-15(12)18-10(4)17-14/h5-8H2,1-4H3. The van der Waals surface area contributed by atoms with Crippen LogP contribution in [0.3, 0.4) is 0 Å². The average molecular weight is 348 g/mol. The van der Waals surface area contributed by atoms with E-state index in [0.29, 0.717) is 42.9 Å². The van der Waals surface area contributed by atoms with E-state index < -0.39 is 0 Å². The second-order valence-corrected chi connectivity index (χ2v) is 6.64. The molecule has 2 aromatic rings. The van der Waals surface area contributed by atoms with Gasteiger partial charge in [-0.25, -0.2) is 14.8 Å². The zero-order valence-corrected chi connectivity index (χ0v) is 15.1. The monoisotopic (exact) mass is 348 g/mol. The molecule has 0 N–H and O–H groups in total. The number of amides is 1. The third kappa shape index (κ3) is 2.71. The molecule has 1 aliphatic heterocycles. The molecule has 0 aliphatic carbocycles. The van der Waals surface area contributed by atoms with Gasteiger partial charge in [-0.1, -0.05) is 0 Å². The fraction of sp³-hybridized carbons (Fsp3) is 0.500. The predicted octanol–water partition coefficient (Wildman–Crippen LogP) is 2.11. The molecule has 0 radical (unpaired) electrons. The van der Waals surface area contributed by atoms with Crippen molar-refractivity contribution in [2.45, 2.75) is 27.7 Å². The molecular formula is C16H20N4O3S. The SMILES string of the molecule is CCOC(=O)c1sc2nc(C)nc(N3CC(=O)N(CC)C3)c2c1C. The Kier molecular flexibility index (Phi) is 4.40. The minimum atomic E-state index is -0.339. The average Bonchev–Trinajstić information content (AvgIpc) is 3.07. The Hall–Kier alpha value is -2.22. The molecule has 8 heteroatoms. The summed E-state index contributed by atoms with van der Waals surface area (Å²) >= 11 is 1.32. The van der Waals surface area contributed by atoms with Crippen LogP contribution < -0.4 is 4.90 Å². The van der Waals surface area contributed by atoms with Crippen molar-refractivity contribution in [3.63, 3.8) is 0 Å². The summed E-state index contributed by atoms with van der Waals surface area (Å²) in [6, 6.07) is 0. The third-order valence-electron chi connectivity index (χ3n) is 4.05. The summed E-state index contributed by atoms with van der Waals surface area (Å²) in [6.07, 6.45) is 0. The molecule has 0 saturated carbocycles. The van der Waals surface area contributed by atoms with Crippen LogP contribution in [-0.2, 0) is 9.53 Å². The van der Waals surface area contributed by atoms with E-state index in [9.17, 15) is 9.59 Å². The van der Waals surface area contributed by atoms with E-state index >= 15 is 0 Å². The molecule has 3 heterocycles. The van der Waals surface area contributed by atoms with E-state index in [2.05, 4.69) is 9.97 Å². The maximum Gasteiger partial charge on any atom is 0.348 e. The lowest BCUT2D eigenvalue weighted by molar-refractivity contribution is -0.126. The second-order valence-electron chi connectivity index (χ2n) is 5.64. The molecule has 0 bridgehead atoms. The van der Waals surface area contributed by atoms with Crippen molar-refractivity contribution in [1.29, 1.82) is 0 Å². The van der Waals surface area contributed by atoms with Crippen molar-refractivity contribution in [3.05, 3.63) is 16.3 Å². The number of ether oxygens (including phenoxy) is 1. The van der Waals surface area contributed by atoms with Gasteiger partial charge >= 0.3 is 5.97 Å². The minimum Gasteiger partial charge on any atom is -0.462 e. The van der Waals surface area contributed by atoms with Crippen molar-refractivity contribution in [1.82, 2.24) is 14.9 Å². The van der Waals surface area contributed by atoms with Crippen LogP contribution in [0.25, 0.3) is 10.2 Å². The number of aromatic nitrogens is 2. The van der Waals surface area contributed by atoms with Crippen molar-refractivity contribution in [2.75, 3.05) is 31.3 Å². The normalized spacial score (nSPS) is 14.8. The summed E-state index contributed by atoms with van der Waals surface area (Å²) in [7, 11) is 0. The van der Waals surface area contributed by atoms with Crippen molar-refractivity contribution >= 4 is 39.2 Å².